The van der Waals surface area contributed by atoms with Crippen molar-refractivity contribution in [2.45, 2.75) is 19.8 Å². The van der Waals surface area contributed by atoms with Gasteiger partial charge in [0.05, 0.1) is 25.5 Å². The summed E-state index contributed by atoms with van der Waals surface area (Å²) in [6.45, 7) is 7.12. The Labute approximate surface area is 156 Å². The van der Waals surface area contributed by atoms with Crippen LogP contribution < -0.4 is 4.90 Å². The highest BCUT2D eigenvalue weighted by molar-refractivity contribution is 7.17. The SMILES string of the molecule is CCOC(=O)c1sc(N2CCOCC2)nc1C(C)c1ccc(Cl)cc1. The topological polar surface area (TPSA) is 51.7 Å². The zero-order valence-electron chi connectivity index (χ0n) is 14.3. The summed E-state index contributed by atoms with van der Waals surface area (Å²) in [5.74, 6) is -0.335. The van der Waals surface area contributed by atoms with Crippen LogP contribution in [-0.2, 0) is 9.47 Å². The van der Waals surface area contributed by atoms with E-state index < -0.39 is 0 Å². The molecule has 5 nitrogen and oxygen atoms in total. The quantitative estimate of drug-likeness (QED) is 0.735. The average molecular weight is 381 g/mol. The summed E-state index contributed by atoms with van der Waals surface area (Å²) in [4.78, 5) is 20.0. The first-order valence-corrected chi connectivity index (χ1v) is 9.55. The van der Waals surface area contributed by atoms with Gasteiger partial charge in [-0.2, -0.15) is 0 Å². The summed E-state index contributed by atoms with van der Waals surface area (Å²) in [7, 11) is 0. The second kappa shape index (κ2) is 8.17. The fourth-order valence-electron chi connectivity index (χ4n) is 2.76. The van der Waals surface area contributed by atoms with E-state index in [1.165, 1.54) is 11.3 Å². The molecule has 0 bridgehead atoms. The second-order valence-electron chi connectivity index (χ2n) is 5.80. The first-order chi connectivity index (χ1) is 12.1. The summed E-state index contributed by atoms with van der Waals surface area (Å²) >= 11 is 7.38. The van der Waals surface area contributed by atoms with E-state index in [0.29, 0.717) is 29.7 Å². The van der Waals surface area contributed by atoms with Gasteiger partial charge in [0.15, 0.2) is 5.13 Å². The minimum Gasteiger partial charge on any atom is -0.462 e. The molecule has 2 aromatic rings. The number of benzene rings is 1. The van der Waals surface area contributed by atoms with Crippen molar-refractivity contribution >= 4 is 34.0 Å². The van der Waals surface area contributed by atoms with Gasteiger partial charge in [-0.1, -0.05) is 42.0 Å². The van der Waals surface area contributed by atoms with Crippen LogP contribution in [0.2, 0.25) is 5.02 Å². The fraction of sp³-hybridized carbons (Fsp3) is 0.444. The lowest BCUT2D eigenvalue weighted by Gasteiger charge is -2.26. The van der Waals surface area contributed by atoms with E-state index in [0.717, 1.165) is 29.5 Å². The molecule has 1 aliphatic rings. The number of aromatic nitrogens is 1. The van der Waals surface area contributed by atoms with Gasteiger partial charge < -0.3 is 14.4 Å². The van der Waals surface area contributed by atoms with Crippen LogP contribution in [0.25, 0.3) is 0 Å². The second-order valence-corrected chi connectivity index (χ2v) is 7.22. The van der Waals surface area contributed by atoms with Crippen molar-refractivity contribution in [3.05, 3.63) is 45.4 Å². The van der Waals surface area contributed by atoms with E-state index in [1.807, 2.05) is 38.1 Å². The van der Waals surface area contributed by atoms with Crippen molar-refractivity contribution in [3.63, 3.8) is 0 Å². The van der Waals surface area contributed by atoms with Crippen LogP contribution in [0, 0.1) is 0 Å². The lowest BCUT2D eigenvalue weighted by atomic mass is 9.97. The zero-order valence-corrected chi connectivity index (χ0v) is 15.9. The fourth-order valence-corrected chi connectivity index (χ4v) is 3.99. The van der Waals surface area contributed by atoms with Gasteiger partial charge >= 0.3 is 5.97 Å². The number of esters is 1. The van der Waals surface area contributed by atoms with Crippen molar-refractivity contribution in [3.8, 4) is 0 Å². The molecule has 1 saturated heterocycles. The van der Waals surface area contributed by atoms with E-state index in [4.69, 9.17) is 26.1 Å². The number of anilines is 1. The third-order valence-electron chi connectivity index (χ3n) is 4.16. The van der Waals surface area contributed by atoms with Gasteiger partial charge in [0.1, 0.15) is 4.88 Å². The third-order valence-corrected chi connectivity index (χ3v) is 5.53. The van der Waals surface area contributed by atoms with Gasteiger partial charge in [0.2, 0.25) is 0 Å². The first-order valence-electron chi connectivity index (χ1n) is 8.36. The van der Waals surface area contributed by atoms with Crippen LogP contribution in [0.15, 0.2) is 24.3 Å². The third kappa shape index (κ3) is 4.14. The Hall–Kier alpha value is -1.63. The maximum absolute atomic E-state index is 12.4. The standard InChI is InChI=1S/C18H21ClN2O3S/c1-3-24-17(22)16-15(12(2)13-4-6-14(19)7-5-13)20-18(25-16)21-8-10-23-11-9-21/h4-7,12H,3,8-11H2,1-2H3. The highest BCUT2D eigenvalue weighted by atomic mass is 35.5. The summed E-state index contributed by atoms with van der Waals surface area (Å²) in [5, 5.41) is 1.54. The highest BCUT2D eigenvalue weighted by Gasteiger charge is 2.27. The van der Waals surface area contributed by atoms with E-state index in [9.17, 15) is 4.79 Å². The summed E-state index contributed by atoms with van der Waals surface area (Å²) < 4.78 is 10.6. The molecule has 25 heavy (non-hydrogen) atoms. The Morgan fingerprint density at radius 3 is 2.68 bits per heavy atom. The molecule has 0 radical (unpaired) electrons. The number of ether oxygens (including phenoxy) is 2. The Kier molecular flexibility index (Phi) is 5.93. The Bertz CT molecular complexity index is 726. The monoisotopic (exact) mass is 380 g/mol. The minimum absolute atomic E-state index is 0.0253. The number of rotatable bonds is 5. The molecule has 0 saturated carbocycles. The van der Waals surface area contributed by atoms with Gasteiger partial charge in [-0.15, -0.1) is 0 Å². The van der Waals surface area contributed by atoms with Crippen LogP contribution in [-0.4, -0.2) is 43.9 Å². The number of hydrogen-bond acceptors (Lipinski definition) is 6. The lowest BCUT2D eigenvalue weighted by molar-refractivity contribution is 0.0530. The molecule has 3 rings (SSSR count). The number of carbonyl (C=O) groups excluding carboxylic acids is 1. The van der Waals surface area contributed by atoms with Gasteiger partial charge in [0, 0.05) is 24.0 Å². The lowest BCUT2D eigenvalue weighted by Crippen LogP contribution is -2.36. The molecular formula is C18H21ClN2O3S. The van der Waals surface area contributed by atoms with Crippen LogP contribution >= 0.6 is 22.9 Å². The van der Waals surface area contributed by atoms with Gasteiger partial charge in [-0.05, 0) is 24.6 Å². The zero-order chi connectivity index (χ0) is 17.8. The molecule has 1 aliphatic heterocycles. The van der Waals surface area contributed by atoms with Crippen LogP contribution in [0.5, 0.6) is 0 Å². The average Bonchev–Trinajstić information content (AvgIpc) is 3.08. The number of halogens is 1. The van der Waals surface area contributed by atoms with Crippen molar-refractivity contribution in [2.75, 3.05) is 37.8 Å². The Balaban J connectivity index is 1.95. The molecule has 1 unspecified atom stereocenters. The van der Waals surface area contributed by atoms with Crippen molar-refractivity contribution in [1.29, 1.82) is 0 Å². The Morgan fingerprint density at radius 1 is 1.36 bits per heavy atom. The van der Waals surface area contributed by atoms with Crippen LogP contribution in [0.3, 0.4) is 0 Å². The smallest absolute Gasteiger partial charge is 0.350 e. The van der Waals surface area contributed by atoms with Gasteiger partial charge in [-0.3, -0.25) is 0 Å². The predicted molar refractivity (Wildman–Crippen MR) is 100 cm³/mol. The number of thiazole rings is 1. The molecule has 1 aromatic carbocycles. The maximum atomic E-state index is 12.4. The minimum atomic E-state index is -0.310. The van der Waals surface area contributed by atoms with Gasteiger partial charge in [-0.25, -0.2) is 9.78 Å². The van der Waals surface area contributed by atoms with Crippen molar-refractivity contribution in [2.24, 2.45) is 0 Å². The molecule has 0 spiro atoms. The van der Waals surface area contributed by atoms with E-state index in [1.54, 1.807) is 0 Å². The maximum Gasteiger partial charge on any atom is 0.350 e. The van der Waals surface area contributed by atoms with E-state index >= 15 is 0 Å². The molecule has 1 aromatic heterocycles. The molecular weight excluding hydrogens is 360 g/mol. The predicted octanol–water partition coefficient (Wildman–Crippen LogP) is 3.96. The highest BCUT2D eigenvalue weighted by Crippen LogP contribution is 2.35. The normalized spacial score (nSPS) is 15.9. The number of hydrogen-bond donors (Lipinski definition) is 0. The molecule has 0 aliphatic carbocycles. The number of carbonyl (C=O) groups is 1. The summed E-state index contributed by atoms with van der Waals surface area (Å²) in [6.07, 6.45) is 0. The molecule has 7 heteroatoms. The molecule has 2 heterocycles. The summed E-state index contributed by atoms with van der Waals surface area (Å²) in [5.41, 5.74) is 1.82. The number of nitrogens with zero attached hydrogens (tertiary/aromatic N) is 2. The number of morpholine rings is 1. The van der Waals surface area contributed by atoms with Gasteiger partial charge in [0.25, 0.3) is 0 Å². The van der Waals surface area contributed by atoms with Crippen molar-refractivity contribution < 1.29 is 14.3 Å². The molecule has 1 atom stereocenters. The van der Waals surface area contributed by atoms with Crippen LogP contribution in [0.4, 0.5) is 5.13 Å². The molecule has 0 amide bonds. The van der Waals surface area contributed by atoms with E-state index in [-0.39, 0.29) is 11.9 Å². The van der Waals surface area contributed by atoms with Crippen molar-refractivity contribution in [1.82, 2.24) is 4.98 Å². The Morgan fingerprint density at radius 2 is 2.04 bits per heavy atom. The van der Waals surface area contributed by atoms with Crippen LogP contribution in [0.1, 0.15) is 40.7 Å². The molecule has 0 N–H and O–H groups in total. The largest absolute Gasteiger partial charge is 0.462 e. The summed E-state index contributed by atoms with van der Waals surface area (Å²) in [6, 6.07) is 7.64. The van der Waals surface area contributed by atoms with E-state index in [2.05, 4.69) is 4.90 Å². The molecule has 134 valence electrons. The molecule has 1 fully saturated rings. The first kappa shape index (κ1) is 18.2.